The summed E-state index contributed by atoms with van der Waals surface area (Å²) < 4.78 is 1.95. The Morgan fingerprint density at radius 1 is 1.83 bits per heavy atom. The second kappa shape index (κ2) is 3.85. The zero-order chi connectivity index (χ0) is 8.97. The van der Waals surface area contributed by atoms with Gasteiger partial charge in [-0.3, -0.25) is 4.79 Å². The molecule has 1 rings (SSSR count). The first-order chi connectivity index (χ1) is 5.77. The molecule has 1 aromatic rings. The molecule has 3 nitrogen and oxygen atoms in total. The van der Waals surface area contributed by atoms with Crippen molar-refractivity contribution in [2.45, 2.75) is 19.9 Å². The minimum Gasteiger partial charge on any atom is -0.335 e. The topological polar surface area (TPSA) is 34.9 Å². The molecule has 0 saturated carbocycles. The summed E-state index contributed by atoms with van der Waals surface area (Å²) in [6, 6.07) is 0. The van der Waals surface area contributed by atoms with Crippen molar-refractivity contribution in [1.29, 1.82) is 0 Å². The van der Waals surface area contributed by atoms with Gasteiger partial charge < -0.3 is 4.57 Å². The normalized spacial score (nSPS) is 9.75. The Balaban J connectivity index is 2.74. The Morgan fingerprint density at radius 2 is 2.58 bits per heavy atom. The van der Waals surface area contributed by atoms with E-state index in [-0.39, 0.29) is 5.78 Å². The number of aromatic nitrogens is 2. The van der Waals surface area contributed by atoms with Crippen molar-refractivity contribution in [2.75, 3.05) is 0 Å². The van der Waals surface area contributed by atoms with Gasteiger partial charge >= 0.3 is 0 Å². The minimum absolute atomic E-state index is 0.0101. The Bertz CT molecular complexity index is 288. The molecule has 0 aliphatic carbocycles. The van der Waals surface area contributed by atoms with E-state index in [1.54, 1.807) is 6.20 Å². The molecule has 0 unspecified atom stereocenters. The highest BCUT2D eigenvalue weighted by molar-refractivity contribution is 5.90. The maximum atomic E-state index is 11.0. The molecule has 0 bridgehead atoms. The zero-order valence-corrected chi connectivity index (χ0v) is 7.16. The highest BCUT2D eigenvalue weighted by atomic mass is 16.1. The Morgan fingerprint density at radius 3 is 3.17 bits per heavy atom. The van der Waals surface area contributed by atoms with Gasteiger partial charge in [-0.05, 0) is 13.0 Å². The van der Waals surface area contributed by atoms with Crippen molar-refractivity contribution in [1.82, 2.24) is 9.55 Å². The molecule has 1 aromatic heterocycles. The van der Waals surface area contributed by atoms with Crippen LogP contribution in [0.15, 0.2) is 25.0 Å². The first-order valence-electron chi connectivity index (χ1n) is 3.93. The van der Waals surface area contributed by atoms with Crippen LogP contribution in [0.3, 0.4) is 0 Å². The van der Waals surface area contributed by atoms with Crippen LogP contribution in [-0.4, -0.2) is 15.3 Å². The summed E-state index contributed by atoms with van der Waals surface area (Å²) in [7, 11) is 0. The lowest BCUT2D eigenvalue weighted by Crippen LogP contribution is -2.06. The first kappa shape index (κ1) is 8.71. The van der Waals surface area contributed by atoms with Gasteiger partial charge in [-0.2, -0.15) is 0 Å². The molecule has 0 N–H and O–H groups in total. The van der Waals surface area contributed by atoms with Crippen molar-refractivity contribution in [3.05, 3.63) is 30.9 Å². The van der Waals surface area contributed by atoms with Crippen molar-refractivity contribution in [3.63, 3.8) is 0 Å². The van der Waals surface area contributed by atoms with E-state index in [1.165, 1.54) is 6.08 Å². The SMILES string of the molecule is C=CC(=O)Cc1nccn1CC. The van der Waals surface area contributed by atoms with Gasteiger partial charge in [0, 0.05) is 18.9 Å². The predicted octanol–water partition coefficient (Wildman–Crippen LogP) is 1.20. The molecule has 0 aliphatic rings. The van der Waals surface area contributed by atoms with E-state index in [1.807, 2.05) is 17.7 Å². The van der Waals surface area contributed by atoms with Gasteiger partial charge in [0.25, 0.3) is 0 Å². The summed E-state index contributed by atoms with van der Waals surface area (Å²) in [5.41, 5.74) is 0. The number of allylic oxidation sites excluding steroid dienone is 1. The van der Waals surface area contributed by atoms with Crippen molar-refractivity contribution in [3.8, 4) is 0 Å². The second-order valence-electron chi connectivity index (χ2n) is 2.48. The average molecular weight is 164 g/mol. The predicted molar refractivity (Wildman–Crippen MR) is 46.8 cm³/mol. The van der Waals surface area contributed by atoms with E-state index in [4.69, 9.17) is 0 Å². The summed E-state index contributed by atoms with van der Waals surface area (Å²) >= 11 is 0. The van der Waals surface area contributed by atoms with E-state index in [2.05, 4.69) is 11.6 Å². The van der Waals surface area contributed by atoms with E-state index in [9.17, 15) is 4.79 Å². The molecule has 0 radical (unpaired) electrons. The van der Waals surface area contributed by atoms with Crippen LogP contribution in [0.2, 0.25) is 0 Å². The van der Waals surface area contributed by atoms with Crippen LogP contribution in [0.4, 0.5) is 0 Å². The Labute approximate surface area is 71.7 Å². The number of rotatable bonds is 4. The summed E-state index contributed by atoms with van der Waals surface area (Å²) in [5, 5.41) is 0. The number of aryl methyl sites for hydroxylation is 1. The quantitative estimate of drug-likeness (QED) is 0.627. The molecule has 0 atom stereocenters. The number of ketones is 1. The van der Waals surface area contributed by atoms with E-state index in [0.717, 1.165) is 12.4 Å². The van der Waals surface area contributed by atoms with E-state index >= 15 is 0 Å². The number of hydrogen-bond acceptors (Lipinski definition) is 2. The zero-order valence-electron chi connectivity index (χ0n) is 7.16. The van der Waals surface area contributed by atoms with Gasteiger partial charge in [0.15, 0.2) is 5.78 Å². The van der Waals surface area contributed by atoms with Crippen molar-refractivity contribution >= 4 is 5.78 Å². The van der Waals surface area contributed by atoms with Crippen LogP contribution in [0.1, 0.15) is 12.7 Å². The number of imidazole rings is 1. The van der Waals surface area contributed by atoms with Crippen molar-refractivity contribution < 1.29 is 4.79 Å². The van der Waals surface area contributed by atoms with E-state index in [0.29, 0.717) is 6.42 Å². The van der Waals surface area contributed by atoms with Crippen LogP contribution in [0, 0.1) is 0 Å². The van der Waals surface area contributed by atoms with Crippen LogP contribution in [0.25, 0.3) is 0 Å². The third-order valence-electron chi connectivity index (χ3n) is 1.70. The fourth-order valence-corrected chi connectivity index (χ4v) is 1.02. The van der Waals surface area contributed by atoms with Gasteiger partial charge in [-0.15, -0.1) is 0 Å². The molecular formula is C9H12N2O. The molecule has 64 valence electrons. The highest BCUT2D eigenvalue weighted by Gasteiger charge is 2.04. The largest absolute Gasteiger partial charge is 0.335 e. The molecule has 0 aliphatic heterocycles. The summed E-state index contributed by atoms with van der Waals surface area (Å²) in [6.45, 7) is 6.27. The maximum absolute atomic E-state index is 11.0. The van der Waals surface area contributed by atoms with Gasteiger partial charge in [0.1, 0.15) is 5.82 Å². The third-order valence-corrected chi connectivity index (χ3v) is 1.70. The monoisotopic (exact) mass is 164 g/mol. The van der Waals surface area contributed by atoms with Crippen LogP contribution < -0.4 is 0 Å². The van der Waals surface area contributed by atoms with Crippen molar-refractivity contribution in [2.24, 2.45) is 0 Å². The first-order valence-corrected chi connectivity index (χ1v) is 3.93. The van der Waals surface area contributed by atoms with Gasteiger partial charge in [-0.1, -0.05) is 6.58 Å². The second-order valence-corrected chi connectivity index (χ2v) is 2.48. The van der Waals surface area contributed by atoms with Gasteiger partial charge in [0.05, 0.1) is 6.42 Å². The smallest absolute Gasteiger partial charge is 0.162 e. The summed E-state index contributed by atoms with van der Waals surface area (Å²) in [6.07, 6.45) is 5.25. The number of carbonyl (C=O) groups is 1. The van der Waals surface area contributed by atoms with E-state index < -0.39 is 0 Å². The fourth-order valence-electron chi connectivity index (χ4n) is 1.02. The lowest BCUT2D eigenvalue weighted by atomic mass is 10.3. The number of nitrogens with zero attached hydrogens (tertiary/aromatic N) is 2. The Hall–Kier alpha value is -1.38. The molecule has 0 fully saturated rings. The standard InChI is InChI=1S/C9H12N2O/c1-3-8(12)7-9-10-5-6-11(9)4-2/h3,5-6H,1,4,7H2,2H3. The van der Waals surface area contributed by atoms with Crippen LogP contribution >= 0.6 is 0 Å². The van der Waals surface area contributed by atoms with Gasteiger partial charge in [-0.25, -0.2) is 4.98 Å². The maximum Gasteiger partial charge on any atom is 0.162 e. The average Bonchev–Trinajstić information content (AvgIpc) is 2.51. The fraction of sp³-hybridized carbons (Fsp3) is 0.333. The molecule has 3 heteroatoms. The lowest BCUT2D eigenvalue weighted by molar-refractivity contribution is -0.114. The third kappa shape index (κ3) is 1.81. The lowest BCUT2D eigenvalue weighted by Gasteiger charge is -2.00. The number of hydrogen-bond donors (Lipinski definition) is 0. The highest BCUT2D eigenvalue weighted by Crippen LogP contribution is 1.99. The minimum atomic E-state index is 0.0101. The Kier molecular flexibility index (Phi) is 2.80. The van der Waals surface area contributed by atoms with Crippen LogP contribution in [-0.2, 0) is 17.8 Å². The molecule has 0 saturated heterocycles. The summed E-state index contributed by atoms with van der Waals surface area (Å²) in [4.78, 5) is 15.0. The molecule has 12 heavy (non-hydrogen) atoms. The molecular weight excluding hydrogens is 152 g/mol. The summed E-state index contributed by atoms with van der Waals surface area (Å²) in [5.74, 6) is 0.818. The number of carbonyl (C=O) groups excluding carboxylic acids is 1. The molecule has 0 spiro atoms. The molecule has 0 amide bonds. The molecule has 0 aromatic carbocycles. The van der Waals surface area contributed by atoms with Gasteiger partial charge in [0.2, 0.25) is 0 Å². The van der Waals surface area contributed by atoms with Crippen LogP contribution in [0.5, 0.6) is 0 Å². The molecule has 1 heterocycles.